The SMILES string of the molecule is CS(=O)(=O)Cc1cccc(Nc2cc(-c3ccccc3O)ncn2)c1.CS(=O)(=O)Cc1cccc(Nc2cc(-c3ccccc3OCc3ccccc3)ncn2)c1. The van der Waals surface area contributed by atoms with E-state index in [1.54, 1.807) is 54.6 Å². The Kier molecular flexibility index (Phi) is 12.9. The third-order valence-corrected chi connectivity index (χ3v) is 9.89. The van der Waals surface area contributed by atoms with E-state index in [2.05, 4.69) is 30.6 Å². The molecule has 5 aromatic carbocycles. The number of phenols is 1. The first-order valence-corrected chi connectivity index (χ1v) is 21.7. The van der Waals surface area contributed by atoms with Crippen molar-refractivity contribution >= 4 is 42.7 Å². The van der Waals surface area contributed by atoms with Crippen molar-refractivity contribution in [3.05, 3.63) is 169 Å². The standard InChI is InChI=1S/C25H23N3O3S.C18H17N3O3S/c1-32(29,30)17-20-10-7-11-21(14-20)28-25-15-23(26-18-27-25)22-12-5-6-13-24(22)31-16-19-8-3-2-4-9-19;1-25(23,24)11-13-5-4-6-14(9-13)21-18-10-16(19-12-20-18)15-7-2-3-8-17(15)22/h2-15,18H,16-17H2,1H3,(H,26,27,28);2-10,12,22H,11H2,1H3,(H,19,20,21). The molecule has 0 aliphatic carbocycles. The van der Waals surface area contributed by atoms with Crippen molar-refractivity contribution in [1.82, 2.24) is 19.9 Å². The van der Waals surface area contributed by atoms with Gasteiger partial charge in [0, 0.05) is 47.1 Å². The molecule has 0 aliphatic rings. The fourth-order valence-corrected chi connectivity index (χ4v) is 7.32. The van der Waals surface area contributed by atoms with Crippen molar-refractivity contribution in [3.63, 3.8) is 0 Å². The molecule has 0 unspecified atom stereocenters. The summed E-state index contributed by atoms with van der Waals surface area (Å²) < 4.78 is 52.1. The number of rotatable bonds is 13. The minimum absolute atomic E-state index is 0.0102. The molecule has 0 amide bonds. The van der Waals surface area contributed by atoms with Gasteiger partial charge in [0.25, 0.3) is 0 Å². The van der Waals surface area contributed by atoms with Crippen LogP contribution in [0.3, 0.4) is 0 Å². The van der Waals surface area contributed by atoms with E-state index in [0.717, 1.165) is 33.9 Å². The van der Waals surface area contributed by atoms with Crippen LogP contribution in [0.1, 0.15) is 16.7 Å². The third kappa shape index (κ3) is 12.4. The highest BCUT2D eigenvalue weighted by atomic mass is 32.2. The molecule has 2 heterocycles. The number of phenolic OH excluding ortho intramolecular Hbond substituents is 1. The quantitative estimate of drug-likeness (QED) is 0.102. The van der Waals surface area contributed by atoms with Crippen LogP contribution < -0.4 is 15.4 Å². The second kappa shape index (κ2) is 18.3. The molecule has 0 spiro atoms. The third-order valence-electron chi connectivity index (χ3n) is 8.17. The van der Waals surface area contributed by atoms with E-state index in [-0.39, 0.29) is 17.3 Å². The van der Waals surface area contributed by atoms with Crippen molar-refractivity contribution < 1.29 is 26.7 Å². The predicted octanol–water partition coefficient (Wildman–Crippen LogP) is 8.15. The molecular formula is C43H40N6O6S2. The first kappa shape index (κ1) is 40.0. The number of aromatic hydroxyl groups is 1. The van der Waals surface area contributed by atoms with E-state index in [9.17, 15) is 21.9 Å². The molecule has 7 rings (SSSR count). The van der Waals surface area contributed by atoms with Crippen LogP contribution in [-0.2, 0) is 37.8 Å². The molecule has 7 aromatic rings. The van der Waals surface area contributed by atoms with E-state index in [1.807, 2.05) is 84.9 Å². The van der Waals surface area contributed by atoms with Gasteiger partial charge >= 0.3 is 0 Å². The van der Waals surface area contributed by atoms with Gasteiger partial charge in [-0.15, -0.1) is 0 Å². The molecule has 2 aromatic heterocycles. The molecule has 0 fully saturated rings. The maximum absolute atomic E-state index is 11.6. The molecule has 0 atom stereocenters. The molecular weight excluding hydrogens is 761 g/mol. The molecule has 290 valence electrons. The number of aromatic nitrogens is 4. The summed E-state index contributed by atoms with van der Waals surface area (Å²) in [4.78, 5) is 17.1. The normalized spacial score (nSPS) is 11.2. The topological polar surface area (TPSA) is 173 Å². The van der Waals surface area contributed by atoms with E-state index >= 15 is 0 Å². The summed E-state index contributed by atoms with van der Waals surface area (Å²) in [5.41, 5.74) is 6.75. The van der Waals surface area contributed by atoms with Crippen LogP contribution in [0.2, 0.25) is 0 Å². The van der Waals surface area contributed by atoms with Gasteiger partial charge in [0.1, 0.15) is 42.4 Å². The van der Waals surface area contributed by atoms with Crippen LogP contribution in [0, 0.1) is 0 Å². The molecule has 0 saturated heterocycles. The number of hydrogen-bond donors (Lipinski definition) is 3. The molecule has 0 aliphatic heterocycles. The monoisotopic (exact) mass is 800 g/mol. The Hall–Kier alpha value is -6.64. The molecule has 3 N–H and O–H groups in total. The number of nitrogens with one attached hydrogen (secondary N) is 2. The van der Waals surface area contributed by atoms with Gasteiger partial charge in [-0.2, -0.15) is 0 Å². The van der Waals surface area contributed by atoms with Crippen LogP contribution in [0.25, 0.3) is 22.5 Å². The van der Waals surface area contributed by atoms with Gasteiger partial charge < -0.3 is 20.5 Å². The Balaban J connectivity index is 0.000000199. The van der Waals surface area contributed by atoms with E-state index in [1.165, 1.54) is 25.2 Å². The molecule has 0 saturated carbocycles. The summed E-state index contributed by atoms with van der Waals surface area (Å²) in [5.74, 6) is 1.99. The molecule has 0 radical (unpaired) electrons. The molecule has 12 nitrogen and oxygen atoms in total. The van der Waals surface area contributed by atoms with Gasteiger partial charge in [-0.25, -0.2) is 36.8 Å². The first-order valence-electron chi connectivity index (χ1n) is 17.6. The van der Waals surface area contributed by atoms with Gasteiger partial charge in [-0.1, -0.05) is 78.9 Å². The van der Waals surface area contributed by atoms with Crippen molar-refractivity contribution in [2.45, 2.75) is 18.1 Å². The summed E-state index contributed by atoms with van der Waals surface area (Å²) >= 11 is 0. The maximum Gasteiger partial charge on any atom is 0.151 e. The number of nitrogens with zero attached hydrogens (tertiary/aromatic N) is 4. The lowest BCUT2D eigenvalue weighted by atomic mass is 10.1. The van der Waals surface area contributed by atoms with Crippen molar-refractivity contribution in [1.29, 1.82) is 0 Å². The van der Waals surface area contributed by atoms with Crippen LogP contribution in [0.15, 0.2) is 152 Å². The first-order chi connectivity index (χ1) is 27.4. The minimum Gasteiger partial charge on any atom is -0.507 e. The zero-order valence-corrected chi connectivity index (χ0v) is 32.8. The summed E-state index contributed by atoms with van der Waals surface area (Å²) in [6.07, 6.45) is 5.33. The van der Waals surface area contributed by atoms with Gasteiger partial charge in [0.2, 0.25) is 0 Å². The van der Waals surface area contributed by atoms with E-state index in [4.69, 9.17) is 4.74 Å². The largest absolute Gasteiger partial charge is 0.507 e. The summed E-state index contributed by atoms with van der Waals surface area (Å²) in [7, 11) is -6.20. The minimum atomic E-state index is -3.11. The smallest absolute Gasteiger partial charge is 0.151 e. The predicted molar refractivity (Wildman–Crippen MR) is 224 cm³/mol. The highest BCUT2D eigenvalue weighted by Crippen LogP contribution is 2.31. The number of sulfone groups is 2. The number of ether oxygens (including phenoxy) is 1. The van der Waals surface area contributed by atoms with E-state index < -0.39 is 19.7 Å². The lowest BCUT2D eigenvalue weighted by Gasteiger charge is -2.12. The number of hydrogen-bond acceptors (Lipinski definition) is 12. The fraction of sp³-hybridized carbons (Fsp3) is 0.116. The fourth-order valence-electron chi connectivity index (χ4n) is 5.75. The van der Waals surface area contributed by atoms with Crippen LogP contribution in [-0.4, -0.2) is 54.4 Å². The number of anilines is 4. The maximum atomic E-state index is 11.6. The lowest BCUT2D eigenvalue weighted by Crippen LogP contribution is -2.02. The highest BCUT2D eigenvalue weighted by Gasteiger charge is 2.11. The zero-order valence-electron chi connectivity index (χ0n) is 31.1. The van der Waals surface area contributed by atoms with Gasteiger partial charge in [0.15, 0.2) is 19.7 Å². The second-order valence-electron chi connectivity index (χ2n) is 13.2. The molecule has 57 heavy (non-hydrogen) atoms. The second-order valence-corrected chi connectivity index (χ2v) is 17.4. The Bertz CT molecular complexity index is 2680. The van der Waals surface area contributed by atoms with Gasteiger partial charge in [-0.3, -0.25) is 0 Å². The Morgan fingerprint density at radius 2 is 1.00 bits per heavy atom. The van der Waals surface area contributed by atoms with Gasteiger partial charge in [-0.05, 0) is 65.2 Å². The lowest BCUT2D eigenvalue weighted by molar-refractivity contribution is 0.307. The summed E-state index contributed by atoms with van der Waals surface area (Å²) in [6, 6.07) is 42.6. The zero-order chi connectivity index (χ0) is 40.3. The molecule has 14 heteroatoms. The number of para-hydroxylation sites is 2. The highest BCUT2D eigenvalue weighted by molar-refractivity contribution is 7.90. The number of benzene rings is 5. The van der Waals surface area contributed by atoms with Gasteiger partial charge in [0.05, 0.1) is 22.9 Å². The average Bonchev–Trinajstić information content (AvgIpc) is 3.17. The van der Waals surface area contributed by atoms with Crippen molar-refractivity contribution in [2.75, 3.05) is 23.1 Å². The average molecular weight is 801 g/mol. The summed E-state index contributed by atoms with van der Waals surface area (Å²) in [5, 5.41) is 16.3. The van der Waals surface area contributed by atoms with Crippen molar-refractivity contribution in [2.24, 2.45) is 0 Å². The van der Waals surface area contributed by atoms with E-state index in [0.29, 0.717) is 40.6 Å². The van der Waals surface area contributed by atoms with Crippen molar-refractivity contribution in [3.8, 4) is 34.0 Å². The van der Waals surface area contributed by atoms with Crippen LogP contribution >= 0.6 is 0 Å². The van der Waals surface area contributed by atoms with Crippen LogP contribution in [0.5, 0.6) is 11.5 Å². The van der Waals surface area contributed by atoms with Crippen LogP contribution in [0.4, 0.5) is 23.0 Å². The Morgan fingerprint density at radius 3 is 1.54 bits per heavy atom. The molecule has 0 bridgehead atoms. The Morgan fingerprint density at radius 1 is 0.526 bits per heavy atom. The Labute approximate surface area is 332 Å². The summed E-state index contributed by atoms with van der Waals surface area (Å²) in [6.45, 7) is 0.459.